The number of rotatable bonds is 7. The highest BCUT2D eigenvalue weighted by molar-refractivity contribution is 7.89. The average Bonchev–Trinajstić information content (AvgIpc) is 2.61. The maximum Gasteiger partial charge on any atom is 0.243 e. The molecule has 0 saturated carbocycles. The Hall–Kier alpha value is -2.38. The highest BCUT2D eigenvalue weighted by atomic mass is 32.2. The Bertz CT molecular complexity index is 860. The van der Waals surface area contributed by atoms with Crippen LogP contribution in [-0.2, 0) is 16.6 Å². The first-order valence-electron chi connectivity index (χ1n) is 7.58. The molecule has 2 rings (SSSR count). The number of ether oxygens (including phenoxy) is 2. The molecule has 0 unspecified atom stereocenters. The number of hydrogen-bond acceptors (Lipinski definition) is 5. The van der Waals surface area contributed by atoms with Crippen LogP contribution in [0, 0.1) is 0 Å². The minimum absolute atomic E-state index is 0.111. The van der Waals surface area contributed by atoms with E-state index < -0.39 is 10.0 Å². The van der Waals surface area contributed by atoms with Crippen molar-refractivity contribution in [1.82, 2.24) is 4.31 Å². The number of benzene rings is 2. The first-order chi connectivity index (χ1) is 11.8. The van der Waals surface area contributed by atoms with Crippen molar-refractivity contribution in [1.29, 1.82) is 0 Å². The van der Waals surface area contributed by atoms with Gasteiger partial charge in [-0.3, -0.25) is 4.79 Å². The summed E-state index contributed by atoms with van der Waals surface area (Å²) in [5.41, 5.74) is 1.19. The van der Waals surface area contributed by atoms with Gasteiger partial charge in [0.25, 0.3) is 0 Å². The molecule has 6 nitrogen and oxygen atoms in total. The SMILES string of the molecule is COc1ccc(CN(C)S(=O)(=O)c2ccc(C(C)=O)cc2)c(OC)c1. The maximum atomic E-state index is 12.7. The fourth-order valence-electron chi connectivity index (χ4n) is 2.35. The molecular weight excluding hydrogens is 342 g/mol. The van der Waals surface area contributed by atoms with E-state index in [0.29, 0.717) is 17.1 Å². The largest absolute Gasteiger partial charge is 0.497 e. The molecule has 0 bridgehead atoms. The van der Waals surface area contributed by atoms with Crippen molar-refractivity contribution in [2.24, 2.45) is 0 Å². The van der Waals surface area contributed by atoms with Gasteiger partial charge < -0.3 is 9.47 Å². The Balaban J connectivity index is 2.27. The average molecular weight is 363 g/mol. The lowest BCUT2D eigenvalue weighted by Crippen LogP contribution is -2.26. The topological polar surface area (TPSA) is 72.9 Å². The van der Waals surface area contributed by atoms with Crippen LogP contribution in [0.4, 0.5) is 0 Å². The Labute approximate surface area is 148 Å². The molecule has 0 saturated heterocycles. The quantitative estimate of drug-likeness (QED) is 0.707. The molecule has 0 aliphatic rings. The molecule has 0 aliphatic heterocycles. The second-order valence-corrected chi connectivity index (χ2v) is 7.56. The molecule has 2 aromatic rings. The van der Waals surface area contributed by atoms with Crippen LogP contribution in [0.3, 0.4) is 0 Å². The summed E-state index contributed by atoms with van der Waals surface area (Å²) < 4.78 is 37.1. The van der Waals surface area contributed by atoms with E-state index in [1.807, 2.05) is 0 Å². The molecule has 2 aromatic carbocycles. The third-order valence-electron chi connectivity index (χ3n) is 3.86. The molecule has 0 atom stereocenters. The molecule has 0 radical (unpaired) electrons. The van der Waals surface area contributed by atoms with Crippen LogP contribution in [0.15, 0.2) is 47.4 Å². The smallest absolute Gasteiger partial charge is 0.243 e. The second-order valence-electron chi connectivity index (χ2n) is 5.52. The van der Waals surface area contributed by atoms with E-state index in [1.54, 1.807) is 25.3 Å². The summed E-state index contributed by atoms with van der Waals surface area (Å²) in [6.45, 7) is 1.58. The highest BCUT2D eigenvalue weighted by Gasteiger charge is 2.22. The van der Waals surface area contributed by atoms with Gasteiger partial charge in [-0.25, -0.2) is 8.42 Å². The molecular formula is C18H21NO5S. The zero-order valence-electron chi connectivity index (χ0n) is 14.6. The summed E-state index contributed by atoms with van der Waals surface area (Å²) in [6.07, 6.45) is 0. The van der Waals surface area contributed by atoms with Crippen LogP contribution < -0.4 is 9.47 Å². The lowest BCUT2D eigenvalue weighted by Gasteiger charge is -2.19. The van der Waals surface area contributed by atoms with Gasteiger partial charge in [0.05, 0.1) is 19.1 Å². The predicted molar refractivity (Wildman–Crippen MR) is 94.6 cm³/mol. The van der Waals surface area contributed by atoms with Crippen molar-refractivity contribution in [2.45, 2.75) is 18.4 Å². The molecule has 0 heterocycles. The van der Waals surface area contributed by atoms with Crippen molar-refractivity contribution in [2.75, 3.05) is 21.3 Å². The molecule has 0 aromatic heterocycles. The number of hydrogen-bond donors (Lipinski definition) is 0. The Morgan fingerprint density at radius 3 is 2.20 bits per heavy atom. The van der Waals surface area contributed by atoms with Crippen LogP contribution >= 0.6 is 0 Å². The summed E-state index contributed by atoms with van der Waals surface area (Å²) in [6, 6.07) is 11.1. The number of nitrogens with zero attached hydrogens (tertiary/aromatic N) is 1. The fourth-order valence-corrected chi connectivity index (χ4v) is 3.50. The second kappa shape index (κ2) is 7.67. The number of carbonyl (C=O) groups is 1. The zero-order valence-corrected chi connectivity index (χ0v) is 15.5. The van der Waals surface area contributed by atoms with E-state index in [1.165, 1.54) is 49.7 Å². The molecule has 0 N–H and O–H groups in total. The Kier molecular flexibility index (Phi) is 5.81. The summed E-state index contributed by atoms with van der Waals surface area (Å²) in [5, 5.41) is 0. The monoisotopic (exact) mass is 363 g/mol. The third kappa shape index (κ3) is 4.18. The summed E-state index contributed by atoms with van der Waals surface area (Å²) in [7, 11) is 0.885. The van der Waals surface area contributed by atoms with Gasteiger partial charge in [0.15, 0.2) is 5.78 Å². The van der Waals surface area contributed by atoms with Crippen molar-refractivity contribution in [3.63, 3.8) is 0 Å². The maximum absolute atomic E-state index is 12.7. The summed E-state index contributed by atoms with van der Waals surface area (Å²) in [4.78, 5) is 11.5. The first kappa shape index (κ1) is 19.0. The van der Waals surface area contributed by atoms with Gasteiger partial charge in [-0.1, -0.05) is 18.2 Å². The van der Waals surface area contributed by atoms with Crippen molar-refractivity contribution in [3.05, 3.63) is 53.6 Å². The number of carbonyl (C=O) groups excluding carboxylic acids is 1. The van der Waals surface area contributed by atoms with Crippen LogP contribution in [0.25, 0.3) is 0 Å². The van der Waals surface area contributed by atoms with Gasteiger partial charge in [0.1, 0.15) is 11.5 Å². The van der Waals surface area contributed by atoms with Crippen molar-refractivity contribution < 1.29 is 22.7 Å². The minimum Gasteiger partial charge on any atom is -0.497 e. The van der Waals surface area contributed by atoms with E-state index >= 15 is 0 Å². The molecule has 0 spiro atoms. The standard InChI is InChI=1S/C18H21NO5S/c1-13(20)14-6-9-17(10-7-14)25(21,22)19(2)12-15-5-8-16(23-3)11-18(15)24-4/h5-11H,12H2,1-4H3. The Morgan fingerprint density at radius 1 is 1.04 bits per heavy atom. The van der Waals surface area contributed by atoms with Crippen LogP contribution in [0.5, 0.6) is 11.5 Å². The van der Waals surface area contributed by atoms with E-state index in [4.69, 9.17) is 9.47 Å². The lowest BCUT2D eigenvalue weighted by molar-refractivity contribution is 0.101. The van der Waals surface area contributed by atoms with Crippen LogP contribution in [0.2, 0.25) is 0 Å². The number of methoxy groups -OCH3 is 2. The first-order valence-corrected chi connectivity index (χ1v) is 9.02. The highest BCUT2D eigenvalue weighted by Crippen LogP contribution is 2.27. The molecule has 0 aliphatic carbocycles. The number of Topliss-reactive ketones (excluding diaryl/α,β-unsaturated/α-hetero) is 1. The van der Waals surface area contributed by atoms with Gasteiger partial charge in [0, 0.05) is 30.8 Å². The molecule has 0 amide bonds. The van der Waals surface area contributed by atoms with E-state index in [2.05, 4.69) is 0 Å². The van der Waals surface area contributed by atoms with Gasteiger partial charge in [0.2, 0.25) is 10.0 Å². The normalized spacial score (nSPS) is 11.4. The van der Waals surface area contributed by atoms with Crippen molar-refractivity contribution >= 4 is 15.8 Å². The van der Waals surface area contributed by atoms with E-state index in [-0.39, 0.29) is 17.2 Å². The lowest BCUT2D eigenvalue weighted by atomic mass is 10.2. The predicted octanol–water partition coefficient (Wildman–Crippen LogP) is 2.73. The third-order valence-corrected chi connectivity index (χ3v) is 5.67. The van der Waals surface area contributed by atoms with Crippen LogP contribution in [0.1, 0.15) is 22.8 Å². The summed E-state index contributed by atoms with van der Waals surface area (Å²) in [5.74, 6) is 1.07. The van der Waals surface area contributed by atoms with Gasteiger partial charge in [-0.15, -0.1) is 0 Å². The van der Waals surface area contributed by atoms with E-state index in [0.717, 1.165) is 5.56 Å². The molecule has 7 heteroatoms. The molecule has 134 valence electrons. The van der Waals surface area contributed by atoms with Gasteiger partial charge in [-0.2, -0.15) is 4.31 Å². The van der Waals surface area contributed by atoms with E-state index in [9.17, 15) is 13.2 Å². The molecule has 0 fully saturated rings. The number of ketones is 1. The van der Waals surface area contributed by atoms with Gasteiger partial charge >= 0.3 is 0 Å². The fraction of sp³-hybridized carbons (Fsp3) is 0.278. The van der Waals surface area contributed by atoms with Crippen molar-refractivity contribution in [3.8, 4) is 11.5 Å². The van der Waals surface area contributed by atoms with Gasteiger partial charge in [-0.05, 0) is 25.1 Å². The van der Waals surface area contributed by atoms with Crippen LogP contribution in [-0.4, -0.2) is 39.8 Å². The zero-order chi connectivity index (χ0) is 18.6. The number of sulfonamides is 1. The Morgan fingerprint density at radius 2 is 1.68 bits per heavy atom. The minimum atomic E-state index is -3.69. The molecule has 25 heavy (non-hydrogen) atoms. The summed E-state index contributed by atoms with van der Waals surface area (Å²) >= 11 is 0.